The largest absolute Gasteiger partial charge is 0.344 e. The Labute approximate surface area is 66.4 Å². The summed E-state index contributed by atoms with van der Waals surface area (Å²) < 4.78 is 90.0. The molecule has 0 atom stereocenters. The van der Waals surface area contributed by atoms with E-state index in [2.05, 4.69) is 0 Å². The average Bonchev–Trinajstić information content (AvgIpc) is 2.77. The fourth-order valence-corrected chi connectivity index (χ4v) is 0. The normalized spacial score (nSPS) is 13.7. The van der Waals surface area contributed by atoms with E-state index < -0.39 is 0 Å². The fourth-order valence-electron chi connectivity index (χ4n) is 0. The van der Waals surface area contributed by atoms with Gasteiger partial charge < -0.3 is 6.15 Å². The number of nitrogens with zero attached hydrogens (tertiary/aromatic N) is 4. The second-order valence-electron chi connectivity index (χ2n) is 0.100. The lowest BCUT2D eigenvalue weighted by Gasteiger charge is -1.03. The topological polar surface area (TPSA) is 143 Å². The molecule has 0 aliphatic rings. The van der Waals surface area contributed by atoms with E-state index in [1.165, 1.54) is 0 Å². The summed E-state index contributed by atoms with van der Waals surface area (Å²) in [5, 5.41) is 12.0. The van der Waals surface area contributed by atoms with Crippen LogP contribution in [-0.4, -0.2) is 0 Å². The third-order valence-corrected chi connectivity index (χ3v) is 0. The lowest BCUT2D eigenvalue weighted by molar-refractivity contribution is 1.15. The van der Waals surface area contributed by atoms with Crippen LogP contribution in [0.4, 0.5) is 0 Å². The molecular weight excluding hydrogens is 84.0 g/mol. The van der Waals surface area contributed by atoms with Gasteiger partial charge in [-0.3, -0.25) is 0 Å². The maximum atomic E-state index is 6.86. The summed E-state index contributed by atoms with van der Waals surface area (Å²) in [5.41, 5.74) is 12.2. The molecule has 58 valence electrons. The van der Waals surface area contributed by atoms with Crippen molar-refractivity contribution in [2.24, 2.45) is 0 Å². The van der Waals surface area contributed by atoms with Gasteiger partial charge in [0.1, 0.15) is 0 Å². The second-order valence-corrected chi connectivity index (χ2v) is 0.100. The van der Waals surface area contributed by atoms with Crippen LogP contribution in [0.25, 0.3) is 10.4 Å². The third kappa shape index (κ3) is 4.48. The number of hydrogen-bond donors (Lipinski definition) is 2. The van der Waals surface area contributed by atoms with Crippen molar-refractivity contribution in [3.05, 3.63) is 10.4 Å². The summed E-state index contributed by atoms with van der Waals surface area (Å²) in [6, 6.07) is 0. The number of nitrogens with one attached hydrogen (secondary N) is 1. The minimum Gasteiger partial charge on any atom is -0.344 e. The van der Waals surface area contributed by atoms with Crippen molar-refractivity contribution >= 4 is 0 Å². The van der Waals surface area contributed by atoms with Crippen LogP contribution in [0.15, 0.2) is 0 Å². The molecular formula is H28N6. The minimum atomic E-state index is 0. The quantitative estimate of drug-likeness (QED) is 0.223. The van der Waals surface area contributed by atoms with Crippen molar-refractivity contribution in [3.63, 3.8) is 0 Å². The van der Waals surface area contributed by atoms with Crippen molar-refractivity contribution in [1.82, 2.24) is 6.15 Å². The summed E-state index contributed by atoms with van der Waals surface area (Å²) in [6.07, 6.45) is 0. The van der Waals surface area contributed by atoms with Gasteiger partial charge in [0.25, 0.3) is 0 Å². The summed E-state index contributed by atoms with van der Waals surface area (Å²) in [6.45, 7) is 0. The first-order valence-corrected chi connectivity index (χ1v) is 0.624. The van der Waals surface area contributed by atoms with Gasteiger partial charge in [0.05, 0.1) is 0 Å². The Hall–Kier alpha value is -1.31. The van der Waals surface area contributed by atoms with Crippen LogP contribution >= 0.6 is 0 Å². The predicted octanol–water partition coefficient (Wildman–Crippen LogP) is 4.02. The molecule has 6 heteroatoms. The molecule has 0 saturated heterocycles. The molecule has 4 N–H and O–H groups in total. The molecule has 0 radical (unpaired) electrons. The van der Waals surface area contributed by atoms with Crippen molar-refractivity contribution in [1.29, 1.82) is 16.3 Å². The smallest absolute Gasteiger partial charge is 0 e. The van der Waals surface area contributed by atoms with Crippen LogP contribution in [-0.2, 0) is 0 Å². The lowest BCUT2D eigenvalue weighted by atomic mass is 13.0. The van der Waals surface area contributed by atoms with E-state index in [-0.39, 0.29) is 10.4 Å². The highest BCUT2D eigenvalue weighted by molar-refractivity contribution is 4.18. The number of rotatable bonds is 0. The molecule has 0 amide bonds. The van der Waals surface area contributed by atoms with E-state index in [0.29, 0.717) is 0 Å². The van der Waals surface area contributed by atoms with E-state index in [1.54, 1.807) is 4.91 Å². The summed E-state index contributed by atoms with van der Waals surface area (Å²) >= 11 is 0. The highest BCUT2D eigenvalue weighted by atomic mass is 15.0. The Bertz CT molecular complexity index is 62.9. The van der Waals surface area contributed by atoms with Crippen LogP contribution in [0.2, 0.25) is 0 Å². The minimum absolute atomic E-state index is 0. The van der Waals surface area contributed by atoms with Gasteiger partial charge in [-0.15, -0.1) is 5.53 Å². The average molecular weight is 133 g/mol. The Morgan fingerprint density at radius 1 is 1.83 bits per heavy atom. The summed E-state index contributed by atoms with van der Waals surface area (Å²) in [5.74, 6) is 0. The zero-order chi connectivity index (χ0) is 22.7. The Morgan fingerprint density at radius 3 is 1.83 bits per heavy atom. The van der Waals surface area contributed by atoms with Crippen LogP contribution < -0.4 is 6.15 Å². The molecule has 0 aromatic rings. The van der Waals surface area contributed by atoms with Gasteiger partial charge in [-0.1, -0.05) is 0 Å². The zero-order valence-electron chi connectivity index (χ0n) is 21.0. The molecule has 0 heterocycles. The molecule has 0 aromatic heterocycles. The van der Waals surface area contributed by atoms with E-state index in [0.717, 1.165) is 0 Å². The molecule has 0 rings (SSSR count). The van der Waals surface area contributed by atoms with Crippen LogP contribution in [0.5, 0.6) is 0 Å². The predicted molar refractivity (Wildman–Crippen MR) is 43.3 cm³/mol. The lowest BCUT2D eigenvalue weighted by Crippen LogP contribution is -0.769. The zero-order valence-corrected chi connectivity index (χ0v) is 3.00. The fraction of sp³-hybridized carbons (Fsp3) is 0. The molecule has 6 nitrogen and oxygen atoms in total. The van der Waals surface area contributed by atoms with Crippen molar-refractivity contribution < 1.29 is 31.0 Å². The van der Waals surface area contributed by atoms with Gasteiger partial charge in [0.2, 0.25) is 0 Å². The molecule has 0 saturated carbocycles. The van der Waals surface area contributed by atoms with E-state index in [1.807, 2.05) is 0 Å². The SMILES string of the molecule is N.N#N.[2HH].[2HH].[2HH].[2H][2H].[2H][2H].[2H][2H].[2H][2H].[2H][2H].[2H][2H].[2H][2H].[2H][2H].[2H][2H].[N-]=[N+]=N. The van der Waals surface area contributed by atoms with Gasteiger partial charge >= 0.3 is 0 Å². The summed E-state index contributed by atoms with van der Waals surface area (Å²) in [7, 11) is 0. The first-order chi connectivity index (χ1) is 11.4. The molecule has 0 aromatic carbocycles. The van der Waals surface area contributed by atoms with Gasteiger partial charge in [0, 0.05) is 41.8 Å². The van der Waals surface area contributed by atoms with Gasteiger partial charge in [-0.2, -0.15) is 0 Å². The van der Waals surface area contributed by atoms with Gasteiger partial charge in [0.15, 0.2) is 0 Å². The Kier molecular flexibility index (Phi) is 25.9. The van der Waals surface area contributed by atoms with Crippen LogP contribution in [0.1, 0.15) is 31.0 Å². The van der Waals surface area contributed by atoms with E-state index in [4.69, 9.17) is 48.6 Å². The molecule has 0 aliphatic carbocycles. The summed E-state index contributed by atoms with van der Waals surface area (Å²) in [4.78, 5) is 1.75. The van der Waals surface area contributed by atoms with E-state index >= 15 is 0 Å². The molecule has 0 aliphatic heterocycles. The molecule has 0 unspecified atom stereocenters. The standard InChI is InChI=1S/HN3.N2.H3N.12H2/c1-3-2;1-2;;;;;;;;;;;;;/h1H;;1H3;12*1H/i;;;9*1+1D;3*1+1. The van der Waals surface area contributed by atoms with Crippen LogP contribution in [0.3, 0.4) is 0 Å². The van der Waals surface area contributed by atoms with Gasteiger partial charge in [-0.25, -0.2) is 0 Å². The number of hydrogen-bond acceptors (Lipinski definition) is 4. The molecule has 0 bridgehead atoms. The Balaban J connectivity index is -0.00000000446. The molecule has 0 fully saturated rings. The Morgan fingerprint density at radius 2 is 1.83 bits per heavy atom. The highest BCUT2D eigenvalue weighted by Gasteiger charge is 0.973. The monoisotopic (exact) mass is 133 g/mol. The maximum Gasteiger partial charge on any atom is 0 e. The van der Waals surface area contributed by atoms with Crippen molar-refractivity contribution in [2.75, 3.05) is 0 Å². The molecule has 0 spiro atoms. The van der Waals surface area contributed by atoms with Crippen molar-refractivity contribution in [2.45, 2.75) is 0 Å². The van der Waals surface area contributed by atoms with E-state index in [9.17, 15) is 0 Å². The third-order valence-electron chi connectivity index (χ3n) is 0. The van der Waals surface area contributed by atoms with Crippen LogP contribution in [0, 0.1) is 16.3 Å². The highest BCUT2D eigenvalue weighted by Crippen LogP contribution is 1.24. The first kappa shape index (κ1) is 0.559. The van der Waals surface area contributed by atoms with Crippen molar-refractivity contribution in [3.8, 4) is 0 Å². The van der Waals surface area contributed by atoms with Gasteiger partial charge in [-0.05, 0) is 10.4 Å². The second kappa shape index (κ2) is 278. The first-order valence-electron chi connectivity index (χ1n) is 9.62. The molecule has 6 heavy (non-hydrogen) atoms. The maximum absolute atomic E-state index is 6.86.